The number of aryl methyl sites for hydroxylation is 2. The third-order valence-electron chi connectivity index (χ3n) is 4.74. The van der Waals surface area contributed by atoms with Gasteiger partial charge in [0.2, 0.25) is 0 Å². The summed E-state index contributed by atoms with van der Waals surface area (Å²) in [6, 6.07) is 17.6. The van der Waals surface area contributed by atoms with Crippen LogP contribution >= 0.6 is 11.3 Å². The molecule has 0 bridgehead atoms. The number of ether oxygens (including phenoxy) is 1. The van der Waals surface area contributed by atoms with Crippen LogP contribution in [0.15, 0.2) is 54.6 Å². The van der Waals surface area contributed by atoms with Crippen molar-refractivity contribution in [2.75, 3.05) is 11.5 Å². The van der Waals surface area contributed by atoms with Crippen LogP contribution in [0.5, 0.6) is 5.75 Å². The number of nitrogens with zero attached hydrogens (tertiary/aromatic N) is 4. The first-order valence-electron chi connectivity index (χ1n) is 10.0. The van der Waals surface area contributed by atoms with Crippen LogP contribution in [0.4, 0.5) is 5.13 Å². The third kappa shape index (κ3) is 4.07. The molecule has 7 heteroatoms. The predicted octanol–water partition coefficient (Wildman–Crippen LogP) is 5.07. The first-order valence-corrected chi connectivity index (χ1v) is 10.8. The first kappa shape index (κ1) is 20.1. The van der Waals surface area contributed by atoms with Gasteiger partial charge >= 0.3 is 0 Å². The van der Waals surface area contributed by atoms with Crippen molar-refractivity contribution in [1.29, 1.82) is 0 Å². The smallest absolute Gasteiger partial charge is 0.278 e. The van der Waals surface area contributed by atoms with Gasteiger partial charge in [0.1, 0.15) is 11.4 Å². The van der Waals surface area contributed by atoms with E-state index in [1.807, 2.05) is 75.4 Å². The van der Waals surface area contributed by atoms with Crippen molar-refractivity contribution in [2.24, 2.45) is 0 Å². The zero-order valence-corrected chi connectivity index (χ0v) is 18.1. The normalized spacial score (nSPS) is 11.0. The van der Waals surface area contributed by atoms with Gasteiger partial charge < -0.3 is 4.74 Å². The van der Waals surface area contributed by atoms with Crippen molar-refractivity contribution < 1.29 is 9.53 Å². The Morgan fingerprint density at radius 1 is 1.13 bits per heavy atom. The fraction of sp³-hybridized carbons (Fsp3) is 0.261. The Labute approximate surface area is 179 Å². The molecule has 2 aromatic heterocycles. The minimum Gasteiger partial charge on any atom is -0.494 e. The molecule has 1 amide bonds. The molecule has 30 heavy (non-hydrogen) atoms. The Morgan fingerprint density at radius 2 is 1.93 bits per heavy atom. The number of hydrogen-bond acceptors (Lipinski definition) is 5. The number of carbonyl (C=O) groups is 1. The van der Waals surface area contributed by atoms with Crippen molar-refractivity contribution in [1.82, 2.24) is 14.8 Å². The van der Waals surface area contributed by atoms with Crippen molar-refractivity contribution in [3.05, 3.63) is 71.5 Å². The zero-order valence-electron chi connectivity index (χ0n) is 17.3. The molecule has 0 saturated heterocycles. The summed E-state index contributed by atoms with van der Waals surface area (Å²) in [4.78, 5) is 20.1. The lowest BCUT2D eigenvalue weighted by molar-refractivity contribution is 0.0975. The molecule has 6 nitrogen and oxygen atoms in total. The highest BCUT2D eigenvalue weighted by Crippen LogP contribution is 2.33. The van der Waals surface area contributed by atoms with Gasteiger partial charge in [-0.25, -0.2) is 4.98 Å². The first-order chi connectivity index (χ1) is 14.6. The number of carbonyl (C=O) groups excluding carboxylic acids is 1. The molecular weight excluding hydrogens is 396 g/mol. The molecule has 0 fully saturated rings. The highest BCUT2D eigenvalue weighted by molar-refractivity contribution is 7.22. The summed E-state index contributed by atoms with van der Waals surface area (Å²) in [7, 11) is 0. The van der Waals surface area contributed by atoms with Gasteiger partial charge in [-0.1, -0.05) is 41.7 Å². The zero-order chi connectivity index (χ0) is 21.1. The highest BCUT2D eigenvalue weighted by atomic mass is 32.1. The molecule has 2 heterocycles. The molecule has 0 unspecified atom stereocenters. The number of benzene rings is 2. The van der Waals surface area contributed by atoms with Crippen molar-refractivity contribution in [3.8, 4) is 5.75 Å². The Kier molecular flexibility index (Phi) is 5.81. The average molecular weight is 421 g/mol. The summed E-state index contributed by atoms with van der Waals surface area (Å²) >= 11 is 1.49. The lowest BCUT2D eigenvalue weighted by atomic mass is 10.2. The van der Waals surface area contributed by atoms with E-state index in [1.54, 1.807) is 9.58 Å². The van der Waals surface area contributed by atoms with Gasteiger partial charge in [0.05, 0.1) is 29.1 Å². The van der Waals surface area contributed by atoms with Gasteiger partial charge in [-0.15, -0.1) is 0 Å². The minimum absolute atomic E-state index is 0.106. The molecular formula is C23H24N4O2S. The lowest BCUT2D eigenvalue weighted by Gasteiger charge is -2.20. The van der Waals surface area contributed by atoms with Crippen LogP contribution in [0.2, 0.25) is 0 Å². The quantitative estimate of drug-likeness (QED) is 0.419. The van der Waals surface area contributed by atoms with Crippen molar-refractivity contribution >= 4 is 32.6 Å². The van der Waals surface area contributed by atoms with E-state index in [2.05, 4.69) is 5.10 Å². The van der Waals surface area contributed by atoms with Crippen molar-refractivity contribution in [2.45, 2.75) is 33.9 Å². The molecule has 0 aliphatic rings. The second-order valence-electron chi connectivity index (χ2n) is 6.92. The van der Waals surface area contributed by atoms with Crippen LogP contribution in [0.1, 0.15) is 35.6 Å². The minimum atomic E-state index is -0.106. The molecule has 0 atom stereocenters. The molecule has 0 radical (unpaired) electrons. The van der Waals surface area contributed by atoms with Gasteiger partial charge in [-0.2, -0.15) is 5.10 Å². The van der Waals surface area contributed by atoms with Crippen LogP contribution in [-0.4, -0.2) is 27.3 Å². The number of thiazole rings is 1. The third-order valence-corrected chi connectivity index (χ3v) is 5.78. The molecule has 0 N–H and O–H groups in total. The topological polar surface area (TPSA) is 60.2 Å². The van der Waals surface area contributed by atoms with E-state index >= 15 is 0 Å². The maximum atomic E-state index is 13.6. The number of rotatable bonds is 7. The Morgan fingerprint density at radius 3 is 2.67 bits per heavy atom. The molecule has 0 spiro atoms. The van der Waals surface area contributed by atoms with E-state index in [1.165, 1.54) is 11.3 Å². The fourth-order valence-corrected chi connectivity index (χ4v) is 4.35. The maximum absolute atomic E-state index is 13.6. The van der Waals surface area contributed by atoms with E-state index in [0.717, 1.165) is 27.2 Å². The summed E-state index contributed by atoms with van der Waals surface area (Å²) in [5.74, 6) is 0.700. The van der Waals surface area contributed by atoms with Crippen molar-refractivity contribution in [3.63, 3.8) is 0 Å². The summed E-state index contributed by atoms with van der Waals surface area (Å²) in [6.07, 6.45) is 0. The average Bonchev–Trinajstić information content (AvgIpc) is 3.35. The second kappa shape index (κ2) is 8.67. The predicted molar refractivity (Wildman–Crippen MR) is 120 cm³/mol. The van der Waals surface area contributed by atoms with Gasteiger partial charge in [-0.05, 0) is 50.6 Å². The van der Waals surface area contributed by atoms with Crippen LogP contribution in [0.25, 0.3) is 10.2 Å². The van der Waals surface area contributed by atoms with Gasteiger partial charge in [0.15, 0.2) is 5.13 Å². The SMILES string of the molecule is CCOc1ccc2nc(N(Cc3ccccc3)C(=O)c3cc(C)nn3CC)sc2c1. The number of hydrogen-bond donors (Lipinski definition) is 0. The lowest BCUT2D eigenvalue weighted by Crippen LogP contribution is -2.32. The standard InChI is InChI=1S/C23H24N4O2S/c1-4-27-20(13-16(3)25-27)22(28)26(15-17-9-7-6-8-10-17)23-24-19-12-11-18(29-5-2)14-21(19)30-23/h6-14H,4-5,15H2,1-3H3. The number of anilines is 1. The fourth-order valence-electron chi connectivity index (χ4n) is 3.35. The largest absolute Gasteiger partial charge is 0.494 e. The van der Waals surface area contributed by atoms with E-state index in [-0.39, 0.29) is 5.91 Å². The molecule has 2 aromatic carbocycles. The summed E-state index contributed by atoms with van der Waals surface area (Å²) in [5.41, 5.74) is 3.29. The molecule has 0 saturated carbocycles. The summed E-state index contributed by atoms with van der Waals surface area (Å²) < 4.78 is 8.35. The van der Waals surface area contributed by atoms with Gasteiger partial charge in [0.25, 0.3) is 5.91 Å². The number of fused-ring (bicyclic) bond motifs is 1. The Balaban J connectivity index is 1.76. The van der Waals surface area contributed by atoms with Crippen LogP contribution < -0.4 is 9.64 Å². The molecule has 0 aliphatic carbocycles. The van der Waals surface area contributed by atoms with Gasteiger partial charge in [0, 0.05) is 6.54 Å². The van der Waals surface area contributed by atoms with E-state index in [0.29, 0.717) is 30.5 Å². The molecule has 154 valence electrons. The number of amides is 1. The van der Waals surface area contributed by atoms with Crippen LogP contribution in [-0.2, 0) is 13.1 Å². The monoisotopic (exact) mass is 420 g/mol. The highest BCUT2D eigenvalue weighted by Gasteiger charge is 2.25. The molecule has 0 aliphatic heterocycles. The summed E-state index contributed by atoms with van der Waals surface area (Å²) in [6.45, 7) is 7.52. The van der Waals surface area contributed by atoms with Gasteiger partial charge in [-0.3, -0.25) is 14.4 Å². The second-order valence-corrected chi connectivity index (χ2v) is 7.93. The van der Waals surface area contributed by atoms with E-state index < -0.39 is 0 Å². The molecule has 4 rings (SSSR count). The Hall–Kier alpha value is -3.19. The van der Waals surface area contributed by atoms with Crippen LogP contribution in [0, 0.1) is 6.92 Å². The van der Waals surface area contributed by atoms with E-state index in [9.17, 15) is 4.79 Å². The molecule has 4 aromatic rings. The number of aromatic nitrogens is 3. The van der Waals surface area contributed by atoms with E-state index in [4.69, 9.17) is 9.72 Å². The summed E-state index contributed by atoms with van der Waals surface area (Å²) in [5, 5.41) is 5.10. The Bertz CT molecular complexity index is 1170. The van der Waals surface area contributed by atoms with Crippen LogP contribution in [0.3, 0.4) is 0 Å². The maximum Gasteiger partial charge on any atom is 0.278 e.